The molecule has 0 aliphatic rings. The van der Waals surface area contributed by atoms with Gasteiger partial charge in [-0.1, -0.05) is 6.92 Å². The molecule has 1 rings (SSSR count). The number of rotatable bonds is 7. The normalized spacial score (nSPS) is 12.4. The van der Waals surface area contributed by atoms with Crippen LogP contribution in [0.1, 0.15) is 25.8 Å². The topological polar surface area (TPSA) is 41.1 Å². The maximum Gasteiger partial charge on any atom is 0.236 e. The number of carbonyl (C=O) groups is 1. The molecule has 3 nitrogen and oxygen atoms in total. The third-order valence-corrected chi connectivity index (χ3v) is 3.12. The van der Waals surface area contributed by atoms with E-state index >= 15 is 0 Å². The van der Waals surface area contributed by atoms with Gasteiger partial charge in [0.15, 0.2) is 0 Å². The molecule has 90 valence electrons. The quantitative estimate of drug-likeness (QED) is 0.763. The minimum Gasteiger partial charge on any atom is -0.355 e. The molecule has 0 spiro atoms. The molecule has 1 heterocycles. The van der Waals surface area contributed by atoms with Crippen LogP contribution in [0.3, 0.4) is 0 Å². The molecule has 0 bridgehead atoms. The Morgan fingerprint density at radius 3 is 2.94 bits per heavy atom. The SMILES string of the molecule is CCCNC(=O)C(C)NCCc1ccsc1. The second kappa shape index (κ2) is 7.41. The van der Waals surface area contributed by atoms with E-state index in [-0.39, 0.29) is 11.9 Å². The second-order valence-electron chi connectivity index (χ2n) is 3.85. The fraction of sp³-hybridized carbons (Fsp3) is 0.583. The highest BCUT2D eigenvalue weighted by molar-refractivity contribution is 7.07. The summed E-state index contributed by atoms with van der Waals surface area (Å²) in [5.41, 5.74) is 1.33. The Balaban J connectivity index is 2.14. The predicted octanol–water partition coefficient (Wildman–Crippen LogP) is 1.79. The molecule has 0 aliphatic carbocycles. The average Bonchev–Trinajstić information content (AvgIpc) is 2.78. The molecule has 0 aromatic carbocycles. The number of hydrogen-bond acceptors (Lipinski definition) is 3. The number of amides is 1. The van der Waals surface area contributed by atoms with Gasteiger partial charge in [0.25, 0.3) is 0 Å². The van der Waals surface area contributed by atoms with Crippen LogP contribution in [-0.2, 0) is 11.2 Å². The van der Waals surface area contributed by atoms with Crippen molar-refractivity contribution in [3.8, 4) is 0 Å². The van der Waals surface area contributed by atoms with E-state index in [9.17, 15) is 4.79 Å². The first kappa shape index (κ1) is 13.2. The Labute approximate surface area is 101 Å². The predicted molar refractivity (Wildman–Crippen MR) is 68.8 cm³/mol. The van der Waals surface area contributed by atoms with Crippen molar-refractivity contribution in [2.45, 2.75) is 32.7 Å². The highest BCUT2D eigenvalue weighted by Crippen LogP contribution is 2.05. The van der Waals surface area contributed by atoms with E-state index in [2.05, 4.69) is 34.4 Å². The van der Waals surface area contributed by atoms with Crippen molar-refractivity contribution in [3.63, 3.8) is 0 Å². The number of thiophene rings is 1. The van der Waals surface area contributed by atoms with Gasteiger partial charge in [-0.25, -0.2) is 0 Å². The summed E-state index contributed by atoms with van der Waals surface area (Å²) in [6, 6.07) is 2.01. The van der Waals surface area contributed by atoms with Crippen molar-refractivity contribution < 1.29 is 4.79 Å². The van der Waals surface area contributed by atoms with Crippen molar-refractivity contribution >= 4 is 17.2 Å². The van der Waals surface area contributed by atoms with Crippen LogP contribution in [0.5, 0.6) is 0 Å². The van der Waals surface area contributed by atoms with E-state index in [4.69, 9.17) is 0 Å². The van der Waals surface area contributed by atoms with E-state index in [0.717, 1.165) is 25.9 Å². The zero-order valence-electron chi connectivity index (χ0n) is 9.95. The lowest BCUT2D eigenvalue weighted by atomic mass is 10.2. The number of nitrogens with one attached hydrogen (secondary N) is 2. The maximum atomic E-state index is 11.5. The summed E-state index contributed by atoms with van der Waals surface area (Å²) in [5.74, 6) is 0.0900. The lowest BCUT2D eigenvalue weighted by Crippen LogP contribution is -2.43. The third-order valence-electron chi connectivity index (χ3n) is 2.39. The zero-order chi connectivity index (χ0) is 11.8. The standard InChI is InChI=1S/C12H20N2OS/c1-3-6-14-12(15)10(2)13-7-4-11-5-8-16-9-11/h5,8-10,13H,3-4,6-7H2,1-2H3,(H,14,15). The first-order chi connectivity index (χ1) is 7.74. The van der Waals surface area contributed by atoms with Gasteiger partial charge in [0, 0.05) is 6.54 Å². The van der Waals surface area contributed by atoms with Crippen molar-refractivity contribution in [1.82, 2.24) is 10.6 Å². The molecule has 1 atom stereocenters. The van der Waals surface area contributed by atoms with Crippen LogP contribution < -0.4 is 10.6 Å². The molecule has 0 fully saturated rings. The molecule has 0 saturated carbocycles. The van der Waals surface area contributed by atoms with Crippen LogP contribution in [0.4, 0.5) is 0 Å². The van der Waals surface area contributed by atoms with Crippen molar-refractivity contribution in [1.29, 1.82) is 0 Å². The molecule has 2 N–H and O–H groups in total. The summed E-state index contributed by atoms with van der Waals surface area (Å²) in [6.07, 6.45) is 1.96. The van der Waals surface area contributed by atoms with Crippen molar-refractivity contribution in [2.24, 2.45) is 0 Å². The average molecular weight is 240 g/mol. The Bertz CT molecular complexity index is 298. The molecule has 0 radical (unpaired) electrons. The molecule has 0 aliphatic heterocycles. The van der Waals surface area contributed by atoms with Gasteiger partial charge in [0.05, 0.1) is 6.04 Å². The van der Waals surface area contributed by atoms with Gasteiger partial charge in [-0.15, -0.1) is 0 Å². The van der Waals surface area contributed by atoms with Crippen LogP contribution in [0.2, 0.25) is 0 Å². The molecule has 1 aromatic rings. The second-order valence-corrected chi connectivity index (χ2v) is 4.63. The van der Waals surface area contributed by atoms with E-state index in [1.165, 1.54) is 5.56 Å². The van der Waals surface area contributed by atoms with Gasteiger partial charge < -0.3 is 10.6 Å². The van der Waals surface area contributed by atoms with Gasteiger partial charge in [-0.3, -0.25) is 4.79 Å². The van der Waals surface area contributed by atoms with E-state index in [1.54, 1.807) is 11.3 Å². The first-order valence-corrected chi connectivity index (χ1v) is 6.70. The van der Waals surface area contributed by atoms with E-state index < -0.39 is 0 Å². The summed E-state index contributed by atoms with van der Waals surface area (Å²) in [6.45, 7) is 5.56. The summed E-state index contributed by atoms with van der Waals surface area (Å²) in [5, 5.41) is 10.3. The van der Waals surface area contributed by atoms with Gasteiger partial charge in [0.1, 0.15) is 0 Å². The molecular weight excluding hydrogens is 220 g/mol. The van der Waals surface area contributed by atoms with Crippen molar-refractivity contribution in [2.75, 3.05) is 13.1 Å². The van der Waals surface area contributed by atoms with Crippen LogP contribution >= 0.6 is 11.3 Å². The molecule has 4 heteroatoms. The monoisotopic (exact) mass is 240 g/mol. The van der Waals surface area contributed by atoms with Gasteiger partial charge in [-0.2, -0.15) is 11.3 Å². The summed E-state index contributed by atoms with van der Waals surface area (Å²) >= 11 is 1.71. The van der Waals surface area contributed by atoms with Gasteiger partial charge >= 0.3 is 0 Å². The van der Waals surface area contributed by atoms with Gasteiger partial charge in [-0.05, 0) is 48.7 Å². The van der Waals surface area contributed by atoms with Crippen LogP contribution in [0.25, 0.3) is 0 Å². The summed E-state index contributed by atoms with van der Waals surface area (Å²) in [4.78, 5) is 11.5. The Morgan fingerprint density at radius 2 is 2.31 bits per heavy atom. The van der Waals surface area contributed by atoms with Gasteiger partial charge in [0.2, 0.25) is 5.91 Å². The number of carbonyl (C=O) groups excluding carboxylic acids is 1. The van der Waals surface area contributed by atoms with Crippen molar-refractivity contribution in [3.05, 3.63) is 22.4 Å². The fourth-order valence-corrected chi connectivity index (χ4v) is 2.07. The highest BCUT2D eigenvalue weighted by atomic mass is 32.1. The first-order valence-electron chi connectivity index (χ1n) is 5.76. The Morgan fingerprint density at radius 1 is 1.50 bits per heavy atom. The minimum atomic E-state index is -0.106. The molecule has 1 unspecified atom stereocenters. The zero-order valence-corrected chi connectivity index (χ0v) is 10.8. The molecule has 1 aromatic heterocycles. The lowest BCUT2D eigenvalue weighted by Gasteiger charge is -2.13. The van der Waals surface area contributed by atoms with Crippen LogP contribution in [0, 0.1) is 0 Å². The highest BCUT2D eigenvalue weighted by Gasteiger charge is 2.10. The van der Waals surface area contributed by atoms with Crippen LogP contribution in [0.15, 0.2) is 16.8 Å². The number of hydrogen-bond donors (Lipinski definition) is 2. The Kier molecular flexibility index (Phi) is 6.11. The van der Waals surface area contributed by atoms with E-state index in [1.807, 2.05) is 6.92 Å². The fourth-order valence-electron chi connectivity index (χ4n) is 1.36. The van der Waals surface area contributed by atoms with E-state index in [0.29, 0.717) is 0 Å². The largest absolute Gasteiger partial charge is 0.355 e. The molecule has 0 saturated heterocycles. The maximum absolute atomic E-state index is 11.5. The minimum absolute atomic E-state index is 0.0900. The van der Waals surface area contributed by atoms with Crippen LogP contribution in [-0.4, -0.2) is 25.0 Å². The Hall–Kier alpha value is -0.870. The molecular formula is C12H20N2OS. The summed E-state index contributed by atoms with van der Waals surface area (Å²) < 4.78 is 0. The molecule has 16 heavy (non-hydrogen) atoms. The smallest absolute Gasteiger partial charge is 0.236 e. The molecule has 1 amide bonds. The third kappa shape index (κ3) is 4.77. The summed E-state index contributed by atoms with van der Waals surface area (Å²) in [7, 11) is 0. The lowest BCUT2D eigenvalue weighted by molar-refractivity contribution is -0.122.